The number of carbonyl (C=O) groups is 1. The number of likely N-dealkylation sites (tertiary alicyclic amines) is 1. The smallest absolute Gasteiger partial charge is 0.249 e. The zero-order valence-electron chi connectivity index (χ0n) is 13.7. The molecule has 2 atom stereocenters. The monoisotopic (exact) mass is 360 g/mol. The predicted octanol–water partition coefficient (Wildman–Crippen LogP) is 4.79. The van der Waals surface area contributed by atoms with E-state index in [2.05, 4.69) is 6.58 Å². The molecule has 0 aliphatic carbocycles. The van der Waals surface area contributed by atoms with Crippen molar-refractivity contribution in [3.8, 4) is 0 Å². The second-order valence-corrected chi connectivity index (χ2v) is 6.29. The molecule has 2 nitrogen and oxygen atoms in total. The summed E-state index contributed by atoms with van der Waals surface area (Å²) in [4.78, 5) is 12.4. The maximum absolute atomic E-state index is 14.5. The van der Waals surface area contributed by atoms with Gasteiger partial charge in [-0.1, -0.05) is 19.9 Å². The molecule has 0 bridgehead atoms. The van der Waals surface area contributed by atoms with Crippen LogP contribution in [-0.2, 0) is 4.79 Å². The largest absolute Gasteiger partial charge is 0.375 e. The Balaban J connectivity index is 3.44. The van der Waals surface area contributed by atoms with Crippen LogP contribution in [0.2, 0.25) is 0 Å². The average Bonchev–Trinajstić information content (AvgIpc) is 2.75. The third kappa shape index (κ3) is 3.63. The second-order valence-electron chi connectivity index (χ2n) is 6.29. The molecule has 0 spiro atoms. The van der Waals surface area contributed by atoms with E-state index in [1.54, 1.807) is 6.92 Å². The van der Waals surface area contributed by atoms with Crippen LogP contribution in [0, 0.1) is 0 Å². The van der Waals surface area contributed by atoms with Crippen molar-refractivity contribution in [1.29, 1.82) is 0 Å². The van der Waals surface area contributed by atoms with Crippen molar-refractivity contribution in [1.82, 2.24) is 0 Å². The first-order valence-corrected chi connectivity index (χ1v) is 8.15. The van der Waals surface area contributed by atoms with Crippen molar-refractivity contribution >= 4 is 5.91 Å². The van der Waals surface area contributed by atoms with Gasteiger partial charge in [-0.2, -0.15) is 17.6 Å². The van der Waals surface area contributed by atoms with Crippen molar-refractivity contribution in [2.45, 2.75) is 69.8 Å². The molecule has 0 saturated carbocycles. The summed E-state index contributed by atoms with van der Waals surface area (Å²) < 4.78 is 80.6. The zero-order valence-corrected chi connectivity index (χ0v) is 13.7. The maximum atomic E-state index is 14.5. The molecule has 1 fully saturated rings. The molecule has 8 heteroatoms. The van der Waals surface area contributed by atoms with Gasteiger partial charge >= 0.3 is 24.2 Å². The Morgan fingerprint density at radius 3 is 2.38 bits per heavy atom. The van der Waals surface area contributed by atoms with Crippen molar-refractivity contribution < 1.29 is 35.6 Å². The minimum Gasteiger partial charge on any atom is -0.249 e. The molecule has 140 valence electrons. The first kappa shape index (κ1) is 21.0. The Bertz CT molecular complexity index is 454. The fraction of sp³-hybridized carbons (Fsp3) is 0.812. The highest BCUT2D eigenvalue weighted by Gasteiger charge is 2.72. The zero-order chi connectivity index (χ0) is 18.6. The topological polar surface area (TPSA) is 17.1 Å². The minimum atomic E-state index is -5.49. The highest BCUT2D eigenvalue weighted by atomic mass is 19.3. The number of amides is 1. The molecule has 1 aliphatic heterocycles. The molecule has 0 radical (unpaired) electrons. The molecule has 1 rings (SSSR count). The third-order valence-electron chi connectivity index (χ3n) is 4.79. The summed E-state index contributed by atoms with van der Waals surface area (Å²) in [5.41, 5.74) is 0. The van der Waals surface area contributed by atoms with Crippen LogP contribution in [0.5, 0.6) is 0 Å². The molecule has 1 saturated heterocycles. The fourth-order valence-corrected chi connectivity index (χ4v) is 3.43. The molecule has 1 aliphatic rings. The highest BCUT2D eigenvalue weighted by molar-refractivity contribution is 5.81. The van der Waals surface area contributed by atoms with E-state index in [1.165, 1.54) is 0 Å². The van der Waals surface area contributed by atoms with Gasteiger partial charge in [0.1, 0.15) is 0 Å². The van der Waals surface area contributed by atoms with Crippen molar-refractivity contribution in [3.63, 3.8) is 0 Å². The number of carbonyl (C=O) groups excluding carboxylic acids is 1. The van der Waals surface area contributed by atoms with E-state index in [9.17, 15) is 31.1 Å². The Labute approximate surface area is 138 Å². The number of quaternary nitrogens is 1. The van der Waals surface area contributed by atoms with Crippen molar-refractivity contribution in [3.05, 3.63) is 12.7 Å². The van der Waals surface area contributed by atoms with Gasteiger partial charge in [-0.05, 0) is 25.7 Å². The van der Waals surface area contributed by atoms with Crippen LogP contribution < -0.4 is 0 Å². The number of hydrogen-bond donors (Lipinski definition) is 0. The Hall–Kier alpha value is -1.05. The van der Waals surface area contributed by atoms with Crippen LogP contribution in [0.1, 0.15) is 45.4 Å². The van der Waals surface area contributed by atoms with Crippen LogP contribution in [0.3, 0.4) is 0 Å². The molecular formula is C16H24F6NO+. The Kier molecular flexibility index (Phi) is 6.90. The van der Waals surface area contributed by atoms with Gasteiger partial charge in [0.2, 0.25) is 0 Å². The lowest BCUT2D eigenvalue weighted by atomic mass is 9.94. The van der Waals surface area contributed by atoms with Crippen LogP contribution >= 0.6 is 0 Å². The van der Waals surface area contributed by atoms with Gasteiger partial charge < -0.3 is 0 Å². The standard InChI is InChI=1S/C16H24F6NO/c1-3-5-10-23(13(24)4-2)11-8-6-7-9-12(23)15(19,20)16(21,22)14(17)18/h4,12,14H,2-3,5-11H2,1H3/q+1. The van der Waals surface area contributed by atoms with Crippen molar-refractivity contribution in [2.24, 2.45) is 0 Å². The van der Waals surface area contributed by atoms with Crippen LogP contribution in [0.25, 0.3) is 0 Å². The Morgan fingerprint density at radius 2 is 1.88 bits per heavy atom. The molecule has 0 aromatic carbocycles. The quantitative estimate of drug-likeness (QED) is 0.362. The van der Waals surface area contributed by atoms with Gasteiger partial charge in [0.25, 0.3) is 0 Å². The number of hydrogen-bond acceptors (Lipinski definition) is 1. The average molecular weight is 360 g/mol. The molecule has 1 amide bonds. The third-order valence-corrected chi connectivity index (χ3v) is 4.79. The normalized spacial score (nSPS) is 26.2. The van der Waals surface area contributed by atoms with Gasteiger partial charge in [-0.15, -0.1) is 0 Å². The number of unbranched alkanes of at least 4 members (excludes halogenated alkanes) is 1. The van der Waals surface area contributed by atoms with E-state index in [1.807, 2.05) is 0 Å². The summed E-state index contributed by atoms with van der Waals surface area (Å²) in [5, 5.41) is 0. The fourth-order valence-electron chi connectivity index (χ4n) is 3.43. The summed E-state index contributed by atoms with van der Waals surface area (Å²) >= 11 is 0. The number of halogens is 6. The molecule has 0 N–H and O–H groups in total. The molecule has 1 heterocycles. The summed E-state index contributed by atoms with van der Waals surface area (Å²) in [5.74, 6) is -11.3. The van der Waals surface area contributed by atoms with Gasteiger partial charge in [0, 0.05) is 12.5 Å². The highest BCUT2D eigenvalue weighted by Crippen LogP contribution is 2.47. The first-order valence-electron chi connectivity index (χ1n) is 8.15. The molecule has 24 heavy (non-hydrogen) atoms. The Morgan fingerprint density at radius 1 is 1.25 bits per heavy atom. The van der Waals surface area contributed by atoms with Crippen molar-refractivity contribution in [2.75, 3.05) is 13.1 Å². The molecule has 0 aromatic heterocycles. The van der Waals surface area contributed by atoms with Gasteiger partial charge in [-0.3, -0.25) is 0 Å². The summed E-state index contributed by atoms with van der Waals surface area (Å²) in [6.07, 6.45) is -2.07. The van der Waals surface area contributed by atoms with Gasteiger partial charge in [0.15, 0.2) is 6.04 Å². The number of rotatable bonds is 7. The maximum Gasteiger partial charge on any atom is 0.375 e. The predicted molar refractivity (Wildman–Crippen MR) is 78.3 cm³/mol. The molecular weight excluding hydrogens is 336 g/mol. The van der Waals surface area contributed by atoms with E-state index < -0.39 is 41.1 Å². The van der Waals surface area contributed by atoms with Crippen LogP contribution in [-0.4, -0.2) is 47.8 Å². The molecule has 2 unspecified atom stereocenters. The van der Waals surface area contributed by atoms with Crippen LogP contribution in [0.15, 0.2) is 12.7 Å². The van der Waals surface area contributed by atoms with Gasteiger partial charge in [-0.25, -0.2) is 18.1 Å². The number of alkyl halides is 6. The summed E-state index contributed by atoms with van der Waals surface area (Å²) in [6, 6.07) is -2.18. The van der Waals surface area contributed by atoms with E-state index in [0.717, 1.165) is 6.08 Å². The van der Waals surface area contributed by atoms with Crippen LogP contribution in [0.4, 0.5) is 26.3 Å². The molecule has 0 aromatic rings. The SMILES string of the molecule is C=CC(=O)[N+]1(CCCC)CCCCCC1C(F)(F)C(F)(F)C(F)F. The lowest BCUT2D eigenvalue weighted by Crippen LogP contribution is -2.69. The van der Waals surface area contributed by atoms with E-state index in [0.29, 0.717) is 25.7 Å². The van der Waals surface area contributed by atoms with E-state index in [4.69, 9.17) is 0 Å². The summed E-state index contributed by atoms with van der Waals surface area (Å²) in [6.45, 7) is 4.91. The second kappa shape index (κ2) is 7.89. The van der Waals surface area contributed by atoms with E-state index >= 15 is 0 Å². The van der Waals surface area contributed by atoms with E-state index in [-0.39, 0.29) is 19.5 Å². The number of nitrogens with zero attached hydrogens (tertiary/aromatic N) is 1. The van der Waals surface area contributed by atoms with Gasteiger partial charge in [0.05, 0.1) is 13.1 Å². The first-order chi connectivity index (χ1) is 11.1. The lowest BCUT2D eigenvalue weighted by molar-refractivity contribution is -0.888. The summed E-state index contributed by atoms with van der Waals surface area (Å²) in [7, 11) is 0. The minimum absolute atomic E-state index is 0.0651. The lowest BCUT2D eigenvalue weighted by Gasteiger charge is -2.45.